The Morgan fingerprint density at radius 2 is 1.82 bits per heavy atom. The van der Waals surface area contributed by atoms with Crippen molar-refractivity contribution in [3.8, 4) is 0 Å². The fraction of sp³-hybridized carbons (Fsp3) is 0.700. The average molecular weight is 525 g/mol. The summed E-state index contributed by atoms with van der Waals surface area (Å²) in [7, 11) is 2.15. The molecule has 3 aliphatic rings. The molecule has 2 heterocycles. The summed E-state index contributed by atoms with van der Waals surface area (Å²) < 4.78 is 0. The Labute approximate surface area is 228 Å². The number of carbonyl (C=O) groups is 2. The molecule has 4 N–H and O–H groups in total. The van der Waals surface area contributed by atoms with Crippen LogP contribution in [0.2, 0.25) is 0 Å². The van der Waals surface area contributed by atoms with Crippen molar-refractivity contribution in [1.82, 2.24) is 25.8 Å². The van der Waals surface area contributed by atoms with Crippen LogP contribution in [0.1, 0.15) is 95.1 Å². The zero-order valence-corrected chi connectivity index (χ0v) is 23.5. The minimum atomic E-state index is -0.625. The van der Waals surface area contributed by atoms with E-state index in [4.69, 9.17) is 5.41 Å². The van der Waals surface area contributed by atoms with Gasteiger partial charge in [-0.05, 0) is 62.7 Å². The Morgan fingerprint density at radius 3 is 2.50 bits per heavy atom. The molecule has 2 aliphatic heterocycles. The summed E-state index contributed by atoms with van der Waals surface area (Å²) in [5, 5.41) is 17.9. The summed E-state index contributed by atoms with van der Waals surface area (Å²) in [5.41, 5.74) is 1.37. The summed E-state index contributed by atoms with van der Waals surface area (Å²) in [6.07, 6.45) is 13.3. The summed E-state index contributed by atoms with van der Waals surface area (Å²) >= 11 is 0. The van der Waals surface area contributed by atoms with Crippen LogP contribution in [0, 0.1) is 11.3 Å². The van der Waals surface area contributed by atoms with E-state index >= 15 is 0 Å². The number of benzene rings is 1. The van der Waals surface area contributed by atoms with E-state index in [-0.39, 0.29) is 17.9 Å². The highest BCUT2D eigenvalue weighted by Gasteiger charge is 2.49. The van der Waals surface area contributed by atoms with Crippen LogP contribution in [0.15, 0.2) is 24.3 Å². The van der Waals surface area contributed by atoms with Gasteiger partial charge in [-0.2, -0.15) is 0 Å². The predicted molar refractivity (Wildman–Crippen MR) is 152 cm³/mol. The van der Waals surface area contributed by atoms with Gasteiger partial charge in [-0.1, -0.05) is 76.1 Å². The Morgan fingerprint density at radius 1 is 1.08 bits per heavy atom. The Hall–Kier alpha value is -2.61. The molecule has 2 unspecified atom stereocenters. The van der Waals surface area contributed by atoms with Crippen molar-refractivity contribution in [2.24, 2.45) is 5.92 Å². The lowest BCUT2D eigenvalue weighted by Gasteiger charge is -2.33. The van der Waals surface area contributed by atoms with Crippen LogP contribution in [0.4, 0.5) is 4.79 Å². The van der Waals surface area contributed by atoms with E-state index in [0.717, 1.165) is 49.8 Å². The largest absolute Gasteiger partial charge is 0.342 e. The van der Waals surface area contributed by atoms with Crippen LogP contribution in [0.5, 0.6) is 0 Å². The molecule has 1 aliphatic carbocycles. The number of urea groups is 1. The quantitative estimate of drug-likeness (QED) is 0.317. The monoisotopic (exact) mass is 524 g/mol. The maximum atomic E-state index is 13.7. The minimum Gasteiger partial charge on any atom is -0.342 e. The molecule has 0 aromatic heterocycles. The standard InChI is InChI=1S/C30H48N6O2/c1-3-4-17-30(20-23-9-6-5-7-10-23)27(37)36(28(31)34-30)22-25-14-12-24(13-15-25)21-33-29(38)32-18-16-26-11-8-19-35(26)2/h12-15,23,26H,3-11,16-22H2,1-2H3,(H2,31,34)(H2,32,33,38). The first-order valence-electron chi connectivity index (χ1n) is 14.9. The molecule has 2 atom stereocenters. The van der Waals surface area contributed by atoms with Crippen molar-refractivity contribution in [2.45, 2.75) is 109 Å². The third kappa shape index (κ3) is 7.28. The van der Waals surface area contributed by atoms with Crippen molar-refractivity contribution in [1.29, 1.82) is 5.41 Å². The molecule has 1 aromatic rings. The molecule has 1 saturated carbocycles. The van der Waals surface area contributed by atoms with Gasteiger partial charge in [-0.25, -0.2) is 4.79 Å². The lowest BCUT2D eigenvalue weighted by Crippen LogP contribution is -2.48. The van der Waals surface area contributed by atoms with E-state index in [1.54, 1.807) is 4.90 Å². The lowest BCUT2D eigenvalue weighted by atomic mass is 9.77. The number of carbonyl (C=O) groups excluding carboxylic acids is 2. The summed E-state index contributed by atoms with van der Waals surface area (Å²) in [4.78, 5) is 29.9. The van der Waals surface area contributed by atoms with E-state index in [1.165, 1.54) is 44.9 Å². The van der Waals surface area contributed by atoms with Gasteiger partial charge in [-0.3, -0.25) is 15.1 Å². The van der Waals surface area contributed by atoms with Crippen molar-refractivity contribution < 1.29 is 9.59 Å². The van der Waals surface area contributed by atoms with Gasteiger partial charge in [0.05, 0.1) is 6.54 Å². The van der Waals surface area contributed by atoms with Crippen LogP contribution in [0.3, 0.4) is 0 Å². The van der Waals surface area contributed by atoms with Gasteiger partial charge in [0.1, 0.15) is 5.54 Å². The van der Waals surface area contributed by atoms with Crippen LogP contribution in [-0.2, 0) is 17.9 Å². The van der Waals surface area contributed by atoms with Gasteiger partial charge in [0.15, 0.2) is 5.96 Å². The van der Waals surface area contributed by atoms with Gasteiger partial charge in [0.25, 0.3) is 5.91 Å². The predicted octanol–water partition coefficient (Wildman–Crippen LogP) is 4.74. The summed E-state index contributed by atoms with van der Waals surface area (Å²) in [6, 6.07) is 8.42. The second kappa shape index (κ2) is 13.5. The van der Waals surface area contributed by atoms with E-state index in [1.807, 2.05) is 24.3 Å². The van der Waals surface area contributed by atoms with Crippen molar-refractivity contribution >= 4 is 17.9 Å². The maximum absolute atomic E-state index is 13.7. The van der Waals surface area contributed by atoms with Gasteiger partial charge in [0.2, 0.25) is 0 Å². The summed E-state index contributed by atoms with van der Waals surface area (Å²) in [5.74, 6) is 0.860. The Kier molecular flexibility index (Phi) is 10.1. The zero-order valence-electron chi connectivity index (χ0n) is 23.5. The van der Waals surface area contributed by atoms with Crippen molar-refractivity contribution in [3.05, 3.63) is 35.4 Å². The van der Waals surface area contributed by atoms with Crippen LogP contribution < -0.4 is 16.0 Å². The number of amides is 3. The van der Waals surface area contributed by atoms with Crippen LogP contribution in [-0.4, -0.2) is 59.4 Å². The third-order valence-corrected chi connectivity index (χ3v) is 8.85. The van der Waals surface area contributed by atoms with Gasteiger partial charge >= 0.3 is 6.03 Å². The zero-order chi connectivity index (χ0) is 27.0. The number of unbranched alkanes of at least 4 members (excludes halogenated alkanes) is 1. The summed E-state index contributed by atoms with van der Waals surface area (Å²) in [6.45, 7) is 4.84. The van der Waals surface area contributed by atoms with E-state index < -0.39 is 5.54 Å². The number of likely N-dealkylation sites (tertiary alicyclic amines) is 1. The molecule has 8 nitrogen and oxygen atoms in total. The smallest absolute Gasteiger partial charge is 0.315 e. The number of guanidine groups is 1. The first-order chi connectivity index (χ1) is 18.4. The van der Waals surface area contributed by atoms with Crippen molar-refractivity contribution in [3.63, 3.8) is 0 Å². The van der Waals surface area contributed by atoms with Crippen LogP contribution in [0.25, 0.3) is 0 Å². The number of rotatable bonds is 12. The molecule has 4 rings (SSSR count). The number of nitrogens with one attached hydrogen (secondary N) is 4. The van der Waals surface area contributed by atoms with Crippen molar-refractivity contribution in [2.75, 3.05) is 20.1 Å². The molecule has 0 spiro atoms. The second-order valence-electron chi connectivity index (χ2n) is 11.8. The maximum Gasteiger partial charge on any atom is 0.315 e. The SMILES string of the molecule is CCCCC1(CC2CCCCC2)NC(=N)N(Cc2ccc(CNC(=O)NCCC3CCCN3C)cc2)C1=O. The average Bonchev–Trinajstić information content (AvgIpc) is 3.43. The number of hydrogen-bond donors (Lipinski definition) is 4. The van der Waals surface area contributed by atoms with E-state index in [9.17, 15) is 9.59 Å². The highest BCUT2D eigenvalue weighted by atomic mass is 16.2. The third-order valence-electron chi connectivity index (χ3n) is 8.85. The topological polar surface area (TPSA) is 101 Å². The first kappa shape index (κ1) is 28.4. The molecule has 2 saturated heterocycles. The first-order valence-corrected chi connectivity index (χ1v) is 14.9. The fourth-order valence-electron chi connectivity index (χ4n) is 6.52. The molecule has 0 bridgehead atoms. The lowest BCUT2D eigenvalue weighted by molar-refractivity contribution is -0.132. The number of nitrogens with zero attached hydrogens (tertiary/aromatic N) is 2. The van der Waals surface area contributed by atoms with Gasteiger partial charge in [0, 0.05) is 19.1 Å². The second-order valence-corrected chi connectivity index (χ2v) is 11.8. The molecule has 1 aromatic carbocycles. The molecule has 0 radical (unpaired) electrons. The molecule has 210 valence electrons. The van der Waals surface area contributed by atoms with E-state index in [2.05, 4.69) is 34.8 Å². The van der Waals surface area contributed by atoms with Gasteiger partial charge in [-0.15, -0.1) is 0 Å². The highest BCUT2D eigenvalue weighted by Crippen LogP contribution is 2.36. The molecule has 38 heavy (non-hydrogen) atoms. The highest BCUT2D eigenvalue weighted by molar-refractivity contribution is 6.07. The molecule has 8 heteroatoms. The normalized spacial score (nSPS) is 24.6. The van der Waals surface area contributed by atoms with E-state index in [0.29, 0.717) is 31.6 Å². The fourth-order valence-corrected chi connectivity index (χ4v) is 6.52. The Balaban J connectivity index is 1.27. The minimum absolute atomic E-state index is 0.0627. The molecule has 3 fully saturated rings. The molecular weight excluding hydrogens is 476 g/mol. The number of hydrogen-bond acceptors (Lipinski definition) is 4. The molecule has 3 amide bonds. The van der Waals surface area contributed by atoms with Crippen LogP contribution >= 0.6 is 0 Å². The Bertz CT molecular complexity index is 945. The van der Waals surface area contributed by atoms with Gasteiger partial charge < -0.3 is 20.9 Å². The molecular formula is C30H48N6O2.